The van der Waals surface area contributed by atoms with Gasteiger partial charge in [-0.05, 0) is 66.8 Å². The maximum absolute atomic E-state index is 11.5. The minimum absolute atomic E-state index is 0.0323. The van der Waals surface area contributed by atoms with E-state index >= 15 is 0 Å². The molecular weight excluding hydrogens is 440 g/mol. The predicted molar refractivity (Wildman–Crippen MR) is 127 cm³/mol. The second-order valence-electron chi connectivity index (χ2n) is 7.49. The zero-order valence-corrected chi connectivity index (χ0v) is 18.0. The Balaban J connectivity index is 1.61. The number of thiocarbonyl (C=S) groups is 1. The Bertz CT molecular complexity index is 1320. The summed E-state index contributed by atoms with van der Waals surface area (Å²) in [4.78, 5) is 17.5. The molecule has 2 unspecified atom stereocenters. The fourth-order valence-electron chi connectivity index (χ4n) is 4.03. The molecule has 1 saturated heterocycles. The lowest BCUT2D eigenvalue weighted by Crippen LogP contribution is -2.29. The number of rotatable bonds is 5. The Morgan fingerprint density at radius 2 is 1.79 bits per heavy atom. The first-order valence-electron chi connectivity index (χ1n) is 10.2. The zero-order valence-electron chi connectivity index (χ0n) is 17.2. The Morgan fingerprint density at radius 3 is 2.52 bits per heavy atom. The summed E-state index contributed by atoms with van der Waals surface area (Å²) in [7, 11) is 0. The minimum Gasteiger partial charge on any atom is -0.508 e. The van der Waals surface area contributed by atoms with E-state index in [9.17, 15) is 15.2 Å². The van der Waals surface area contributed by atoms with Gasteiger partial charge in [-0.2, -0.15) is 0 Å². The summed E-state index contributed by atoms with van der Waals surface area (Å²) in [6.45, 7) is 0. The Hall–Kier alpha value is -4.24. The highest BCUT2D eigenvalue weighted by Gasteiger charge is 2.42. The van der Waals surface area contributed by atoms with Gasteiger partial charge in [0.05, 0.1) is 22.2 Å². The van der Waals surface area contributed by atoms with Crippen LogP contribution in [-0.2, 0) is 0 Å². The molecule has 4 aromatic rings. The highest BCUT2D eigenvalue weighted by molar-refractivity contribution is 7.80. The molecule has 0 spiro atoms. The van der Waals surface area contributed by atoms with Gasteiger partial charge in [0.2, 0.25) is 0 Å². The summed E-state index contributed by atoms with van der Waals surface area (Å²) >= 11 is 5.66. The van der Waals surface area contributed by atoms with Gasteiger partial charge in [0.1, 0.15) is 23.3 Å². The number of phenolic OH excluding ortho intramolecular Hbond substituents is 1. The second-order valence-corrected chi connectivity index (χ2v) is 7.88. The maximum atomic E-state index is 11.5. The molecule has 0 saturated carbocycles. The van der Waals surface area contributed by atoms with E-state index in [1.54, 1.807) is 60.8 Å². The van der Waals surface area contributed by atoms with Crippen molar-refractivity contribution in [2.24, 2.45) is 0 Å². The molecule has 2 atom stereocenters. The molecule has 164 valence electrons. The van der Waals surface area contributed by atoms with Gasteiger partial charge in [0.25, 0.3) is 5.69 Å². The van der Waals surface area contributed by atoms with Crippen molar-refractivity contribution >= 4 is 28.7 Å². The molecular formula is C24H18N4O4S. The number of aromatic nitrogens is 1. The summed E-state index contributed by atoms with van der Waals surface area (Å²) in [6, 6.07) is 21.6. The van der Waals surface area contributed by atoms with Crippen molar-refractivity contribution in [1.29, 1.82) is 0 Å². The number of para-hydroxylation sites is 1. The van der Waals surface area contributed by atoms with Gasteiger partial charge in [-0.25, -0.2) is 0 Å². The first-order valence-corrected chi connectivity index (χ1v) is 10.6. The van der Waals surface area contributed by atoms with Crippen molar-refractivity contribution in [3.8, 4) is 17.1 Å². The van der Waals surface area contributed by atoms with Gasteiger partial charge >= 0.3 is 0 Å². The molecule has 2 N–H and O–H groups in total. The molecule has 0 radical (unpaired) electrons. The molecule has 9 heteroatoms. The normalized spacial score (nSPS) is 17.7. The lowest BCUT2D eigenvalue weighted by Gasteiger charge is -2.26. The Kier molecular flexibility index (Phi) is 5.23. The number of hydrogen-bond acceptors (Lipinski definition) is 6. The van der Waals surface area contributed by atoms with Crippen LogP contribution in [0.2, 0.25) is 0 Å². The number of furan rings is 1. The van der Waals surface area contributed by atoms with Crippen LogP contribution in [0.3, 0.4) is 0 Å². The van der Waals surface area contributed by atoms with E-state index in [1.165, 1.54) is 6.07 Å². The van der Waals surface area contributed by atoms with E-state index in [0.717, 1.165) is 11.4 Å². The first kappa shape index (κ1) is 20.7. The zero-order chi connectivity index (χ0) is 22.9. The molecule has 1 aliphatic heterocycles. The summed E-state index contributed by atoms with van der Waals surface area (Å²) in [6.07, 6.45) is 1.71. The quantitative estimate of drug-likeness (QED) is 0.241. The lowest BCUT2D eigenvalue weighted by molar-refractivity contribution is -0.384. The number of benzene rings is 2. The van der Waals surface area contributed by atoms with Gasteiger partial charge in [-0.3, -0.25) is 15.1 Å². The highest BCUT2D eigenvalue weighted by atomic mass is 32.1. The fraction of sp³-hybridized carbons (Fsp3) is 0.0833. The van der Waals surface area contributed by atoms with Crippen LogP contribution in [0, 0.1) is 10.1 Å². The standard InChI is InChI=1S/C24H18N4O4S/c29-16-10-8-15(9-11-16)27-23(22(26-24(27)33)18-6-3-4-14-25-18)21-13-12-20(32-21)17-5-1-2-7-19(17)28(30)31/h1-14,22-23,29H,(H,26,33). The maximum Gasteiger partial charge on any atom is 0.280 e. The molecule has 8 nitrogen and oxygen atoms in total. The molecule has 1 aliphatic rings. The van der Waals surface area contributed by atoms with Crippen LogP contribution >= 0.6 is 12.2 Å². The average Bonchev–Trinajstić information content (AvgIpc) is 3.45. The van der Waals surface area contributed by atoms with Crippen molar-refractivity contribution in [2.75, 3.05) is 4.90 Å². The van der Waals surface area contributed by atoms with E-state index in [1.807, 2.05) is 23.1 Å². The second kappa shape index (κ2) is 8.36. The van der Waals surface area contributed by atoms with Gasteiger partial charge in [0, 0.05) is 18.0 Å². The van der Waals surface area contributed by atoms with E-state index in [4.69, 9.17) is 16.6 Å². The van der Waals surface area contributed by atoms with Crippen LogP contribution in [0.1, 0.15) is 23.5 Å². The SMILES string of the molecule is O=[N+]([O-])c1ccccc1-c1ccc(C2C(c3ccccn3)NC(=S)N2c2ccc(O)cc2)o1. The number of nitro benzene ring substituents is 1. The lowest BCUT2D eigenvalue weighted by atomic mass is 10.0. The number of pyridine rings is 1. The molecule has 5 rings (SSSR count). The van der Waals surface area contributed by atoms with Gasteiger partial charge in [-0.15, -0.1) is 0 Å². The van der Waals surface area contributed by atoms with Crippen LogP contribution in [0.15, 0.2) is 89.5 Å². The van der Waals surface area contributed by atoms with E-state index in [2.05, 4.69) is 10.3 Å². The smallest absolute Gasteiger partial charge is 0.280 e. The fourth-order valence-corrected chi connectivity index (χ4v) is 4.38. The largest absolute Gasteiger partial charge is 0.508 e. The summed E-state index contributed by atoms with van der Waals surface area (Å²) in [5.74, 6) is 1.10. The van der Waals surface area contributed by atoms with Gasteiger partial charge in [0.15, 0.2) is 5.11 Å². The highest BCUT2D eigenvalue weighted by Crippen LogP contribution is 2.43. The molecule has 33 heavy (non-hydrogen) atoms. The Morgan fingerprint density at radius 1 is 1.03 bits per heavy atom. The average molecular weight is 458 g/mol. The monoisotopic (exact) mass is 458 g/mol. The summed E-state index contributed by atoms with van der Waals surface area (Å²) < 4.78 is 6.20. The number of phenols is 1. The van der Waals surface area contributed by atoms with Gasteiger partial charge < -0.3 is 19.7 Å². The molecule has 0 aliphatic carbocycles. The number of nitrogens with one attached hydrogen (secondary N) is 1. The number of nitro groups is 1. The van der Waals surface area contributed by atoms with Gasteiger partial charge in [-0.1, -0.05) is 18.2 Å². The molecule has 0 bridgehead atoms. The molecule has 2 aromatic heterocycles. The number of anilines is 1. The van der Waals surface area contributed by atoms with Crippen molar-refractivity contribution in [2.45, 2.75) is 12.1 Å². The van der Waals surface area contributed by atoms with Crippen LogP contribution in [-0.4, -0.2) is 20.1 Å². The van der Waals surface area contributed by atoms with Crippen LogP contribution < -0.4 is 10.2 Å². The third-order valence-corrected chi connectivity index (χ3v) is 5.83. The van der Waals surface area contributed by atoms with E-state index < -0.39 is 11.0 Å². The molecule has 1 fully saturated rings. The number of aromatic hydroxyl groups is 1. The summed E-state index contributed by atoms with van der Waals surface area (Å²) in [5.41, 5.74) is 1.90. The topological polar surface area (TPSA) is 105 Å². The van der Waals surface area contributed by atoms with Crippen LogP contribution in [0.5, 0.6) is 5.75 Å². The van der Waals surface area contributed by atoms with Crippen LogP contribution in [0.25, 0.3) is 11.3 Å². The summed E-state index contributed by atoms with van der Waals surface area (Å²) in [5, 5.41) is 25.0. The third-order valence-electron chi connectivity index (χ3n) is 5.51. The van der Waals surface area contributed by atoms with E-state index in [-0.39, 0.29) is 17.5 Å². The Labute approximate surface area is 194 Å². The van der Waals surface area contributed by atoms with Crippen LogP contribution in [0.4, 0.5) is 11.4 Å². The minimum atomic E-state index is -0.427. The third kappa shape index (κ3) is 3.79. The first-order chi connectivity index (χ1) is 16.0. The molecule has 0 amide bonds. The van der Waals surface area contributed by atoms with E-state index in [0.29, 0.717) is 22.2 Å². The van der Waals surface area contributed by atoms with Crippen molar-refractivity contribution in [3.63, 3.8) is 0 Å². The number of nitrogens with zero attached hydrogens (tertiary/aromatic N) is 3. The molecule has 2 aromatic carbocycles. The molecule has 3 heterocycles. The van der Waals surface area contributed by atoms with Crippen molar-refractivity contribution < 1.29 is 14.4 Å². The predicted octanol–water partition coefficient (Wildman–Crippen LogP) is 5.13. The number of hydrogen-bond donors (Lipinski definition) is 2. The van der Waals surface area contributed by atoms with Crippen molar-refractivity contribution in [3.05, 3.63) is 107 Å². The van der Waals surface area contributed by atoms with Crippen molar-refractivity contribution in [1.82, 2.24) is 10.3 Å².